The highest BCUT2D eigenvalue weighted by molar-refractivity contribution is 7.58. The summed E-state index contributed by atoms with van der Waals surface area (Å²) < 4.78 is 26.6. The summed E-state index contributed by atoms with van der Waals surface area (Å²) >= 11 is 0. The molecule has 4 unspecified atom stereocenters. The van der Waals surface area contributed by atoms with Crippen LogP contribution in [0.3, 0.4) is 0 Å². The average molecular weight is 548 g/mol. The molecule has 0 N–H and O–H groups in total. The Morgan fingerprint density at radius 2 is 0.788 bits per heavy atom. The Balaban J connectivity index is 4.93. The maximum absolute atomic E-state index is 5.49. The van der Waals surface area contributed by atoms with Crippen molar-refractivity contribution in [3.8, 4) is 0 Å². The van der Waals surface area contributed by atoms with Gasteiger partial charge in [0.2, 0.25) is 0 Å². The monoisotopic (exact) mass is 547 g/mol. The number of methoxy groups -OCH3 is 5. The van der Waals surface area contributed by atoms with Gasteiger partial charge in [0.1, 0.15) is 0 Å². The molecule has 0 saturated carbocycles. The molecule has 0 aliphatic rings. The molecule has 200 valence electrons. The summed E-state index contributed by atoms with van der Waals surface area (Å²) in [6.45, 7) is 7.81. The molecule has 0 amide bonds. The minimum atomic E-state index is 0.796. The van der Waals surface area contributed by atoms with Crippen molar-refractivity contribution >= 4 is 34.3 Å². The van der Waals surface area contributed by atoms with Crippen molar-refractivity contribution in [1.82, 2.24) is 4.90 Å². The molecular weight excluding hydrogens is 494 g/mol. The summed E-state index contributed by atoms with van der Waals surface area (Å²) in [4.78, 5) is 2.72. The van der Waals surface area contributed by atoms with Crippen molar-refractivity contribution in [2.24, 2.45) is 0 Å². The number of ether oxygens (including phenoxy) is 5. The van der Waals surface area contributed by atoms with Crippen molar-refractivity contribution in [2.75, 3.05) is 113 Å². The molecule has 0 aromatic rings. The Kier molecular flexibility index (Phi) is 29.3. The molecule has 4 atom stereocenters. The van der Waals surface area contributed by atoms with Gasteiger partial charge >= 0.3 is 0 Å². The summed E-state index contributed by atoms with van der Waals surface area (Å²) in [6, 6.07) is 0. The zero-order valence-corrected chi connectivity index (χ0v) is 26.0. The highest BCUT2D eigenvalue weighted by Gasteiger charge is 2.18. The lowest BCUT2D eigenvalue weighted by molar-refractivity contribution is 0.153. The van der Waals surface area contributed by atoms with E-state index in [9.17, 15) is 0 Å². The minimum absolute atomic E-state index is 0.796. The van der Waals surface area contributed by atoms with Crippen LogP contribution in [0.4, 0.5) is 0 Å². The highest BCUT2D eigenvalue weighted by atomic mass is 31.1. The van der Waals surface area contributed by atoms with E-state index in [1.54, 1.807) is 28.4 Å². The van der Waals surface area contributed by atoms with E-state index in [0.29, 0.717) is 0 Å². The normalized spacial score (nSPS) is 15.1. The Labute approximate surface area is 212 Å². The lowest BCUT2D eigenvalue weighted by atomic mass is 10.5. The molecule has 0 aromatic carbocycles. The first-order chi connectivity index (χ1) is 16.2. The summed E-state index contributed by atoms with van der Waals surface area (Å²) in [6.07, 6.45) is 9.85. The van der Waals surface area contributed by atoms with Crippen LogP contribution in [0.2, 0.25) is 0 Å². The molecule has 0 bridgehead atoms. The van der Waals surface area contributed by atoms with Crippen molar-refractivity contribution in [1.29, 1.82) is 0 Å². The lowest BCUT2D eigenvalue weighted by Crippen LogP contribution is -2.36. The van der Waals surface area contributed by atoms with Crippen molar-refractivity contribution in [3.05, 3.63) is 0 Å². The van der Waals surface area contributed by atoms with Gasteiger partial charge in [-0.05, 0) is 50.3 Å². The van der Waals surface area contributed by atoms with E-state index in [1.807, 2.05) is 7.11 Å². The molecule has 0 rings (SSSR count). The predicted octanol–water partition coefficient (Wildman–Crippen LogP) is 4.45. The molecule has 0 spiro atoms. The van der Waals surface area contributed by atoms with Crippen LogP contribution in [0.1, 0.15) is 25.7 Å². The number of hydrogen-bond acceptors (Lipinski definition) is 6. The first-order valence-electron chi connectivity index (χ1n) is 12.3. The van der Waals surface area contributed by atoms with Gasteiger partial charge in [-0.1, -0.05) is 0 Å². The van der Waals surface area contributed by atoms with Gasteiger partial charge in [0.25, 0.3) is 0 Å². The van der Waals surface area contributed by atoms with Gasteiger partial charge in [0.05, 0.1) is 6.61 Å². The number of nitrogens with zero attached hydrogens (tertiary/aromatic N) is 1. The first-order valence-corrected chi connectivity index (χ1v) is 17.5. The van der Waals surface area contributed by atoms with Crippen LogP contribution in [-0.4, -0.2) is 129 Å². The summed E-state index contributed by atoms with van der Waals surface area (Å²) in [5.74, 6) is 0. The highest BCUT2D eigenvalue weighted by Crippen LogP contribution is 2.39. The molecule has 6 nitrogen and oxygen atoms in total. The maximum Gasteiger partial charge on any atom is 0.0589 e. The van der Waals surface area contributed by atoms with Crippen LogP contribution in [0.25, 0.3) is 0 Å². The Hall–Kier alpha value is 1.48. The van der Waals surface area contributed by atoms with Crippen molar-refractivity contribution in [3.63, 3.8) is 0 Å². The summed E-state index contributed by atoms with van der Waals surface area (Å²) in [7, 11) is 13.1. The van der Waals surface area contributed by atoms with Gasteiger partial charge in [-0.25, -0.2) is 0 Å². The Morgan fingerprint density at radius 1 is 0.485 bits per heavy atom. The van der Waals surface area contributed by atoms with E-state index in [2.05, 4.69) is 4.90 Å². The summed E-state index contributed by atoms with van der Waals surface area (Å²) in [5.41, 5.74) is 0. The van der Waals surface area contributed by atoms with Gasteiger partial charge in [0.15, 0.2) is 0 Å². The molecule has 33 heavy (non-hydrogen) atoms. The second kappa shape index (κ2) is 28.1. The molecule has 0 aliphatic heterocycles. The first kappa shape index (κ1) is 34.5. The number of rotatable bonds is 27. The van der Waals surface area contributed by atoms with E-state index < -0.39 is 0 Å². The Morgan fingerprint density at radius 3 is 1.06 bits per heavy atom. The molecular formula is C23H53NO5P4. The van der Waals surface area contributed by atoms with E-state index in [1.165, 1.54) is 63.4 Å². The van der Waals surface area contributed by atoms with E-state index in [0.717, 1.165) is 84.7 Å². The molecule has 0 aromatic heterocycles. The second-order valence-corrected chi connectivity index (χ2v) is 15.6. The molecule has 0 heterocycles. The van der Waals surface area contributed by atoms with Crippen LogP contribution in [0.5, 0.6) is 0 Å². The fourth-order valence-electron chi connectivity index (χ4n) is 3.37. The van der Waals surface area contributed by atoms with E-state index >= 15 is 0 Å². The van der Waals surface area contributed by atoms with Crippen LogP contribution in [-0.2, 0) is 23.7 Å². The zero-order valence-electron chi connectivity index (χ0n) is 22.0. The lowest BCUT2D eigenvalue weighted by Gasteiger charge is -2.31. The van der Waals surface area contributed by atoms with Gasteiger partial charge < -0.3 is 23.7 Å². The molecule has 0 aliphatic carbocycles. The third-order valence-electron chi connectivity index (χ3n) is 5.16. The maximum atomic E-state index is 5.49. The van der Waals surface area contributed by atoms with Crippen LogP contribution < -0.4 is 0 Å². The minimum Gasteiger partial charge on any atom is -0.385 e. The molecule has 0 radical (unpaired) electrons. The second-order valence-electron chi connectivity index (χ2n) is 8.06. The van der Waals surface area contributed by atoms with Gasteiger partial charge in [-0.15, -0.1) is 34.3 Å². The van der Waals surface area contributed by atoms with Crippen LogP contribution >= 0.6 is 34.3 Å². The van der Waals surface area contributed by atoms with Crippen LogP contribution in [0.15, 0.2) is 0 Å². The van der Waals surface area contributed by atoms with Crippen molar-refractivity contribution in [2.45, 2.75) is 36.5 Å². The third kappa shape index (κ3) is 23.6. The SMILES string of the molecule is COCCCPC(CN(CCOC)CC(PCCCOC)PCCCOC)PCCCOC. The molecule has 0 fully saturated rings. The van der Waals surface area contributed by atoms with Gasteiger partial charge in [-0.3, -0.25) is 4.90 Å². The molecule has 0 saturated heterocycles. The van der Waals surface area contributed by atoms with E-state index in [-0.39, 0.29) is 0 Å². The predicted molar refractivity (Wildman–Crippen MR) is 155 cm³/mol. The van der Waals surface area contributed by atoms with Gasteiger partial charge in [-0.2, -0.15) is 0 Å². The topological polar surface area (TPSA) is 49.4 Å². The quantitative estimate of drug-likeness (QED) is 0.112. The Bertz CT molecular complexity index is 335. The smallest absolute Gasteiger partial charge is 0.0589 e. The average Bonchev–Trinajstić information content (AvgIpc) is 2.82. The van der Waals surface area contributed by atoms with Crippen molar-refractivity contribution < 1.29 is 23.7 Å². The van der Waals surface area contributed by atoms with Gasteiger partial charge in [0, 0.05) is 92.4 Å². The summed E-state index contributed by atoms with van der Waals surface area (Å²) in [5, 5.41) is 1.59. The largest absolute Gasteiger partial charge is 0.385 e. The van der Waals surface area contributed by atoms with Crippen LogP contribution in [0, 0.1) is 0 Å². The standard InChI is InChI=1S/C23H53NO5P4/c1-25-11-6-16-30-22(31-17-7-12-26-2)20-24(10-15-29-5)21-23(32-18-8-13-27-3)33-19-9-14-28-4/h22-23,30-33H,6-21H2,1-5H3. The molecule has 10 heteroatoms. The fourth-order valence-corrected chi connectivity index (χ4v) is 10.6. The van der Waals surface area contributed by atoms with E-state index in [4.69, 9.17) is 23.7 Å². The number of hydrogen-bond donors (Lipinski definition) is 0. The zero-order chi connectivity index (χ0) is 24.4. The third-order valence-corrected chi connectivity index (χ3v) is 12.9. The fraction of sp³-hybridized carbons (Fsp3) is 1.00.